The summed E-state index contributed by atoms with van der Waals surface area (Å²) in [6, 6.07) is 3.35. The number of benzene rings is 1. The van der Waals surface area contributed by atoms with Crippen LogP contribution >= 0.6 is 11.6 Å². The highest BCUT2D eigenvalue weighted by molar-refractivity contribution is 7.82. The lowest BCUT2D eigenvalue weighted by atomic mass is 10.2. The van der Waals surface area contributed by atoms with E-state index in [0.29, 0.717) is 21.9 Å². The average molecular weight is 388 g/mol. The Kier molecular flexibility index (Phi) is 7.44. The smallest absolute Gasteiger partial charge is 0.244 e. The quantitative estimate of drug-likeness (QED) is 0.443. The molecule has 0 N–H and O–H groups in total. The van der Waals surface area contributed by atoms with Crippen LogP contribution in [0.15, 0.2) is 34.0 Å². The molecule has 1 unspecified atom stereocenters. The number of rotatable bonds is 5. The second-order valence-electron chi connectivity index (χ2n) is 5.31. The van der Waals surface area contributed by atoms with Gasteiger partial charge in [-0.3, -0.25) is 18.8 Å². The first kappa shape index (κ1) is 21.0. The molecule has 2 amide bonds. The molecule has 0 aliphatic heterocycles. The summed E-state index contributed by atoms with van der Waals surface area (Å²) in [5.74, 6) is -2.10. The standard InChI is InChI=1S/C16H19ClFN3O3S/c1-10-7-15(11(2)6-13(10)17)25(24)21(5)8-14(18)16(19-12(3)23)20(4)9-22/h6-9H,1-5H3/b14-8+,19-16?. The largest absolute Gasteiger partial charge is 0.300 e. The van der Waals surface area contributed by atoms with Gasteiger partial charge in [0.15, 0.2) is 22.6 Å². The van der Waals surface area contributed by atoms with Gasteiger partial charge in [-0.2, -0.15) is 4.99 Å². The van der Waals surface area contributed by atoms with Gasteiger partial charge in [-0.25, -0.2) is 8.60 Å². The number of hydrogen-bond acceptors (Lipinski definition) is 3. The number of amidine groups is 1. The number of likely N-dealkylation sites (N-methyl/N-ethyl adjacent to an activating group) is 1. The van der Waals surface area contributed by atoms with Crippen molar-refractivity contribution in [1.29, 1.82) is 0 Å². The van der Waals surface area contributed by atoms with Crippen molar-refractivity contribution in [2.24, 2.45) is 4.99 Å². The van der Waals surface area contributed by atoms with E-state index in [2.05, 4.69) is 4.99 Å². The highest BCUT2D eigenvalue weighted by Gasteiger charge is 2.18. The predicted octanol–water partition coefficient (Wildman–Crippen LogP) is 2.76. The third-order valence-corrected chi connectivity index (χ3v) is 5.02. The minimum Gasteiger partial charge on any atom is -0.300 e. The van der Waals surface area contributed by atoms with E-state index in [9.17, 15) is 18.2 Å². The first-order valence-corrected chi connectivity index (χ1v) is 8.63. The summed E-state index contributed by atoms with van der Waals surface area (Å²) in [5, 5.41) is 0.547. The van der Waals surface area contributed by atoms with Crippen molar-refractivity contribution in [3.8, 4) is 0 Å². The maximum absolute atomic E-state index is 14.4. The molecule has 0 aliphatic carbocycles. The lowest BCUT2D eigenvalue weighted by Gasteiger charge is -2.18. The van der Waals surface area contributed by atoms with Crippen LogP contribution in [0.5, 0.6) is 0 Å². The highest BCUT2D eigenvalue weighted by Crippen LogP contribution is 2.24. The van der Waals surface area contributed by atoms with Gasteiger partial charge in [-0.05, 0) is 37.1 Å². The van der Waals surface area contributed by atoms with E-state index < -0.39 is 28.6 Å². The summed E-state index contributed by atoms with van der Waals surface area (Å²) in [6.07, 6.45) is 1.24. The molecule has 0 aromatic heterocycles. The van der Waals surface area contributed by atoms with E-state index >= 15 is 0 Å². The number of aryl methyl sites for hydroxylation is 2. The molecule has 1 rings (SSSR count). The molecule has 0 fully saturated rings. The third-order valence-electron chi connectivity index (χ3n) is 3.17. The lowest BCUT2D eigenvalue weighted by Crippen LogP contribution is -2.28. The fraction of sp³-hybridized carbons (Fsp3) is 0.312. The van der Waals surface area contributed by atoms with Crippen molar-refractivity contribution >= 4 is 40.7 Å². The molecular weight excluding hydrogens is 369 g/mol. The first-order chi connectivity index (χ1) is 11.6. The van der Waals surface area contributed by atoms with Crippen molar-refractivity contribution < 1.29 is 18.2 Å². The number of carbonyl (C=O) groups excluding carboxylic acids is 2. The molecule has 0 bridgehead atoms. The van der Waals surface area contributed by atoms with E-state index in [1.807, 2.05) is 0 Å². The van der Waals surface area contributed by atoms with Gasteiger partial charge in [-0.15, -0.1) is 0 Å². The van der Waals surface area contributed by atoms with Crippen LogP contribution in [-0.2, 0) is 20.6 Å². The summed E-state index contributed by atoms with van der Waals surface area (Å²) in [6.45, 7) is 4.65. The average Bonchev–Trinajstić information content (AvgIpc) is 2.54. The van der Waals surface area contributed by atoms with Crippen molar-refractivity contribution in [1.82, 2.24) is 9.21 Å². The van der Waals surface area contributed by atoms with Gasteiger partial charge in [0.2, 0.25) is 12.3 Å². The van der Waals surface area contributed by atoms with E-state index in [-0.39, 0.29) is 0 Å². The summed E-state index contributed by atoms with van der Waals surface area (Å²) in [5.41, 5.74) is 1.44. The summed E-state index contributed by atoms with van der Waals surface area (Å²) < 4.78 is 28.2. The van der Waals surface area contributed by atoms with Crippen LogP contribution in [0.3, 0.4) is 0 Å². The minimum absolute atomic E-state index is 0.318. The molecule has 1 atom stereocenters. The zero-order valence-electron chi connectivity index (χ0n) is 14.5. The summed E-state index contributed by atoms with van der Waals surface area (Å²) in [4.78, 5) is 26.7. The Morgan fingerprint density at radius 2 is 1.88 bits per heavy atom. The van der Waals surface area contributed by atoms with Gasteiger partial charge >= 0.3 is 0 Å². The first-order valence-electron chi connectivity index (χ1n) is 7.15. The highest BCUT2D eigenvalue weighted by atomic mass is 35.5. The molecule has 0 aliphatic rings. The second-order valence-corrected chi connectivity index (χ2v) is 7.23. The Balaban J connectivity index is 3.21. The lowest BCUT2D eigenvalue weighted by molar-refractivity contribution is -0.115. The topological polar surface area (TPSA) is 70.1 Å². The van der Waals surface area contributed by atoms with Crippen LogP contribution in [0.25, 0.3) is 0 Å². The molecular formula is C16H19ClFN3O3S. The van der Waals surface area contributed by atoms with Gasteiger partial charge in [0, 0.05) is 26.0 Å². The van der Waals surface area contributed by atoms with Crippen LogP contribution in [0.1, 0.15) is 18.1 Å². The van der Waals surface area contributed by atoms with Crippen LogP contribution in [0.2, 0.25) is 5.02 Å². The number of halogens is 2. The van der Waals surface area contributed by atoms with Crippen LogP contribution in [0.4, 0.5) is 4.39 Å². The fourth-order valence-corrected chi connectivity index (χ4v) is 3.19. The van der Waals surface area contributed by atoms with Crippen LogP contribution < -0.4 is 0 Å². The van der Waals surface area contributed by atoms with Crippen molar-refractivity contribution in [3.63, 3.8) is 0 Å². The van der Waals surface area contributed by atoms with Gasteiger partial charge in [0.25, 0.3) is 0 Å². The van der Waals surface area contributed by atoms with Gasteiger partial charge in [0.1, 0.15) is 0 Å². The molecule has 0 heterocycles. The molecule has 25 heavy (non-hydrogen) atoms. The summed E-state index contributed by atoms with van der Waals surface area (Å²) >= 11 is 6.02. The molecule has 0 saturated carbocycles. The Labute approximate surface area is 153 Å². The SMILES string of the molecule is CC(=O)N=C(/C(F)=C\N(C)S(=O)c1cc(C)c(Cl)cc1C)N(C)C=O. The van der Waals surface area contributed by atoms with E-state index in [0.717, 1.165) is 27.9 Å². The zero-order valence-corrected chi connectivity index (χ0v) is 16.1. The fourth-order valence-electron chi connectivity index (χ4n) is 1.86. The van der Waals surface area contributed by atoms with Gasteiger partial charge in [-0.1, -0.05) is 11.6 Å². The maximum Gasteiger partial charge on any atom is 0.244 e. The number of amides is 2. The maximum atomic E-state index is 14.4. The molecule has 1 aromatic carbocycles. The van der Waals surface area contributed by atoms with Crippen molar-refractivity contribution in [3.05, 3.63) is 40.3 Å². The van der Waals surface area contributed by atoms with Crippen LogP contribution in [-0.4, -0.2) is 45.7 Å². The number of carbonyl (C=O) groups is 2. The third kappa shape index (κ3) is 5.47. The Bertz CT molecular complexity index is 780. The van der Waals surface area contributed by atoms with Gasteiger partial charge < -0.3 is 0 Å². The van der Waals surface area contributed by atoms with Crippen molar-refractivity contribution in [2.45, 2.75) is 25.7 Å². The molecule has 1 aromatic rings. The molecule has 9 heteroatoms. The number of aliphatic imine (C=N–C) groups is 1. The van der Waals surface area contributed by atoms with Crippen LogP contribution in [0, 0.1) is 13.8 Å². The number of nitrogens with zero attached hydrogens (tertiary/aromatic N) is 3. The second kappa shape index (κ2) is 8.87. The summed E-state index contributed by atoms with van der Waals surface area (Å²) in [7, 11) is 0.952. The molecule has 0 radical (unpaired) electrons. The molecule has 6 nitrogen and oxygen atoms in total. The zero-order chi connectivity index (χ0) is 19.3. The normalized spacial score (nSPS) is 13.4. The van der Waals surface area contributed by atoms with Crippen molar-refractivity contribution in [2.75, 3.05) is 14.1 Å². The Morgan fingerprint density at radius 1 is 1.28 bits per heavy atom. The monoisotopic (exact) mass is 387 g/mol. The molecule has 136 valence electrons. The van der Waals surface area contributed by atoms with E-state index in [1.54, 1.807) is 26.0 Å². The predicted molar refractivity (Wildman–Crippen MR) is 96.2 cm³/mol. The Morgan fingerprint density at radius 3 is 2.40 bits per heavy atom. The van der Waals surface area contributed by atoms with E-state index in [1.165, 1.54) is 14.1 Å². The van der Waals surface area contributed by atoms with Gasteiger partial charge in [0.05, 0.1) is 11.1 Å². The number of hydrogen-bond donors (Lipinski definition) is 0. The molecule has 0 saturated heterocycles. The van der Waals surface area contributed by atoms with E-state index in [4.69, 9.17) is 11.6 Å². The molecule has 0 spiro atoms. The minimum atomic E-state index is -1.71. The Hall–Kier alpha value is -2.06.